The predicted octanol–water partition coefficient (Wildman–Crippen LogP) is 2.97. The van der Waals surface area contributed by atoms with Crippen LogP contribution in [0.3, 0.4) is 0 Å². The van der Waals surface area contributed by atoms with Crippen LogP contribution < -0.4 is 10.6 Å². The Morgan fingerprint density at radius 2 is 2.22 bits per heavy atom. The highest BCUT2D eigenvalue weighted by Crippen LogP contribution is 2.18. The van der Waals surface area contributed by atoms with E-state index < -0.39 is 0 Å². The number of benzene rings is 1. The number of guanidine groups is 1. The molecule has 0 radical (unpaired) electrons. The molecular formula is C21H31N3O3. The average Bonchev–Trinajstić information content (AvgIpc) is 3.33. The molecule has 6 nitrogen and oxygen atoms in total. The first-order valence-corrected chi connectivity index (χ1v) is 10.00. The normalized spacial score (nSPS) is 17.5. The summed E-state index contributed by atoms with van der Waals surface area (Å²) in [6.45, 7) is 7.72. The van der Waals surface area contributed by atoms with Gasteiger partial charge in [-0.25, -0.2) is 0 Å². The largest absolute Gasteiger partial charge is 0.461 e. The number of fused-ring (bicyclic) bond motifs is 1. The Kier molecular flexibility index (Phi) is 7.99. The Morgan fingerprint density at radius 3 is 3.04 bits per heavy atom. The second-order valence-corrected chi connectivity index (χ2v) is 6.85. The van der Waals surface area contributed by atoms with Crippen molar-refractivity contribution in [3.63, 3.8) is 0 Å². The molecule has 2 heterocycles. The molecule has 1 unspecified atom stereocenters. The maximum absolute atomic E-state index is 5.85. The third-order valence-corrected chi connectivity index (χ3v) is 4.58. The molecule has 148 valence electrons. The van der Waals surface area contributed by atoms with Gasteiger partial charge in [0.25, 0.3) is 0 Å². The quantitative estimate of drug-likeness (QED) is 0.381. The number of furan rings is 1. The molecule has 27 heavy (non-hydrogen) atoms. The van der Waals surface area contributed by atoms with Gasteiger partial charge in [0.2, 0.25) is 0 Å². The van der Waals surface area contributed by atoms with Gasteiger partial charge in [0, 0.05) is 50.6 Å². The minimum atomic E-state index is 0.575. The number of aliphatic imine (C=N–C) groups is 1. The summed E-state index contributed by atoms with van der Waals surface area (Å²) in [6, 6.07) is 10.2. The first-order valence-electron chi connectivity index (χ1n) is 10.00. The molecule has 0 bridgehead atoms. The minimum absolute atomic E-state index is 0.575. The molecule has 1 aliphatic rings. The van der Waals surface area contributed by atoms with E-state index in [4.69, 9.17) is 13.9 Å². The molecule has 1 aliphatic heterocycles. The van der Waals surface area contributed by atoms with Crippen LogP contribution in [0.25, 0.3) is 11.0 Å². The Balaban J connectivity index is 1.34. The molecule has 0 aliphatic carbocycles. The number of para-hydroxylation sites is 1. The van der Waals surface area contributed by atoms with Crippen LogP contribution in [0.1, 0.15) is 25.5 Å². The zero-order valence-electron chi connectivity index (χ0n) is 16.2. The fraction of sp³-hybridized carbons (Fsp3) is 0.571. The first kappa shape index (κ1) is 19.7. The fourth-order valence-corrected chi connectivity index (χ4v) is 3.13. The van der Waals surface area contributed by atoms with E-state index >= 15 is 0 Å². The number of nitrogens with zero attached hydrogens (tertiary/aromatic N) is 1. The van der Waals surface area contributed by atoms with Crippen molar-refractivity contribution in [1.82, 2.24) is 10.6 Å². The second-order valence-electron chi connectivity index (χ2n) is 6.85. The summed E-state index contributed by atoms with van der Waals surface area (Å²) in [5, 5.41) is 7.80. The molecule has 0 spiro atoms. The van der Waals surface area contributed by atoms with Gasteiger partial charge in [0.15, 0.2) is 5.96 Å². The lowest BCUT2D eigenvalue weighted by Gasteiger charge is -2.11. The van der Waals surface area contributed by atoms with E-state index in [1.54, 1.807) is 0 Å². The average molecular weight is 373 g/mol. The van der Waals surface area contributed by atoms with Crippen LogP contribution in [-0.4, -0.2) is 52.0 Å². The van der Waals surface area contributed by atoms with E-state index in [1.807, 2.05) is 18.2 Å². The van der Waals surface area contributed by atoms with Crippen molar-refractivity contribution in [3.8, 4) is 0 Å². The summed E-state index contributed by atoms with van der Waals surface area (Å²) in [4.78, 5) is 4.62. The highest BCUT2D eigenvalue weighted by molar-refractivity contribution is 5.80. The van der Waals surface area contributed by atoms with Crippen LogP contribution in [0, 0.1) is 5.92 Å². The van der Waals surface area contributed by atoms with E-state index in [2.05, 4.69) is 34.7 Å². The van der Waals surface area contributed by atoms with Crippen LogP contribution >= 0.6 is 0 Å². The van der Waals surface area contributed by atoms with Gasteiger partial charge < -0.3 is 24.5 Å². The first-order chi connectivity index (χ1) is 13.3. The van der Waals surface area contributed by atoms with Crippen molar-refractivity contribution < 1.29 is 13.9 Å². The smallest absolute Gasteiger partial charge is 0.191 e. The van der Waals surface area contributed by atoms with Crippen molar-refractivity contribution in [1.29, 1.82) is 0 Å². The van der Waals surface area contributed by atoms with Crippen LogP contribution in [0.4, 0.5) is 0 Å². The van der Waals surface area contributed by atoms with Crippen molar-refractivity contribution >= 4 is 16.9 Å². The third-order valence-electron chi connectivity index (χ3n) is 4.58. The molecule has 1 aromatic carbocycles. The number of rotatable bonds is 10. The number of hydrogen-bond acceptors (Lipinski definition) is 4. The zero-order chi connectivity index (χ0) is 18.7. The third kappa shape index (κ3) is 6.56. The highest BCUT2D eigenvalue weighted by atomic mass is 16.5. The summed E-state index contributed by atoms with van der Waals surface area (Å²) in [7, 11) is 0. The van der Waals surface area contributed by atoms with Crippen molar-refractivity contribution in [2.75, 3.05) is 46.1 Å². The van der Waals surface area contributed by atoms with Crippen molar-refractivity contribution in [2.45, 2.75) is 26.2 Å². The van der Waals surface area contributed by atoms with E-state index in [0.29, 0.717) is 5.92 Å². The van der Waals surface area contributed by atoms with Gasteiger partial charge in [0.1, 0.15) is 11.3 Å². The molecule has 0 amide bonds. The van der Waals surface area contributed by atoms with Crippen molar-refractivity contribution in [2.24, 2.45) is 10.9 Å². The van der Waals surface area contributed by atoms with Crippen LogP contribution in [-0.2, 0) is 15.9 Å². The number of ether oxygens (including phenoxy) is 2. The van der Waals surface area contributed by atoms with Crippen LogP contribution in [0.5, 0.6) is 0 Å². The SMILES string of the molecule is CCNC(=NCCCOCC1CCOC1)NCCc1cc2ccccc2o1. The summed E-state index contributed by atoms with van der Waals surface area (Å²) in [6.07, 6.45) is 2.87. The molecule has 2 N–H and O–H groups in total. The van der Waals surface area contributed by atoms with E-state index in [0.717, 1.165) is 88.0 Å². The molecule has 1 atom stereocenters. The maximum atomic E-state index is 5.85. The zero-order valence-corrected chi connectivity index (χ0v) is 16.2. The van der Waals surface area contributed by atoms with E-state index in [9.17, 15) is 0 Å². The molecule has 6 heteroatoms. The van der Waals surface area contributed by atoms with Gasteiger partial charge in [-0.05, 0) is 31.9 Å². The van der Waals surface area contributed by atoms with Crippen LogP contribution in [0.15, 0.2) is 39.7 Å². The van der Waals surface area contributed by atoms with Gasteiger partial charge in [-0.2, -0.15) is 0 Å². The molecule has 1 saturated heterocycles. The molecule has 1 aromatic heterocycles. The summed E-state index contributed by atoms with van der Waals surface area (Å²) in [5.74, 6) is 2.41. The highest BCUT2D eigenvalue weighted by Gasteiger charge is 2.15. The number of nitrogens with one attached hydrogen (secondary N) is 2. The standard InChI is InChI=1S/C21H31N3O3/c1-2-22-21(23-10-5-12-25-15-17-9-13-26-16-17)24-11-8-19-14-18-6-3-4-7-20(18)27-19/h3-4,6-7,14,17H,2,5,8-13,15-16H2,1H3,(H2,22,23,24). The monoisotopic (exact) mass is 373 g/mol. The van der Waals surface area contributed by atoms with Gasteiger partial charge in [-0.1, -0.05) is 18.2 Å². The topological polar surface area (TPSA) is 68.0 Å². The predicted molar refractivity (Wildman–Crippen MR) is 108 cm³/mol. The van der Waals surface area contributed by atoms with E-state index in [-0.39, 0.29) is 0 Å². The van der Waals surface area contributed by atoms with Gasteiger partial charge >= 0.3 is 0 Å². The Morgan fingerprint density at radius 1 is 1.30 bits per heavy atom. The van der Waals surface area contributed by atoms with Crippen molar-refractivity contribution in [3.05, 3.63) is 36.1 Å². The Labute approximate surface area is 161 Å². The maximum Gasteiger partial charge on any atom is 0.191 e. The molecule has 0 saturated carbocycles. The number of hydrogen-bond donors (Lipinski definition) is 2. The Bertz CT molecular complexity index is 675. The van der Waals surface area contributed by atoms with E-state index in [1.165, 1.54) is 0 Å². The molecular weight excluding hydrogens is 342 g/mol. The van der Waals surface area contributed by atoms with Gasteiger partial charge in [0.05, 0.1) is 13.2 Å². The van der Waals surface area contributed by atoms with Gasteiger partial charge in [-0.15, -0.1) is 0 Å². The Hall–Kier alpha value is -2.05. The van der Waals surface area contributed by atoms with Gasteiger partial charge in [-0.3, -0.25) is 4.99 Å². The minimum Gasteiger partial charge on any atom is -0.461 e. The summed E-state index contributed by atoms with van der Waals surface area (Å²) >= 11 is 0. The second kappa shape index (κ2) is 10.9. The lowest BCUT2D eigenvalue weighted by molar-refractivity contribution is 0.0893. The molecule has 3 rings (SSSR count). The summed E-state index contributed by atoms with van der Waals surface area (Å²) < 4.78 is 16.9. The lowest BCUT2D eigenvalue weighted by Crippen LogP contribution is -2.38. The van der Waals surface area contributed by atoms with Crippen LogP contribution in [0.2, 0.25) is 0 Å². The lowest BCUT2D eigenvalue weighted by atomic mass is 10.1. The molecule has 1 fully saturated rings. The summed E-state index contributed by atoms with van der Waals surface area (Å²) in [5.41, 5.74) is 0.942. The fourth-order valence-electron chi connectivity index (χ4n) is 3.13. The molecule has 2 aromatic rings.